The molecule has 6 nitrogen and oxygen atoms in total. The number of hydrogen-bond acceptors (Lipinski definition) is 4. The molecule has 1 saturated heterocycles. The van der Waals surface area contributed by atoms with Gasteiger partial charge in [0, 0.05) is 15.7 Å². The molecule has 2 atom stereocenters. The zero-order chi connectivity index (χ0) is 14.0. The fourth-order valence-corrected chi connectivity index (χ4v) is 2.12. The molecule has 0 aliphatic carbocycles. The number of carbonyl (C=O) groups is 2. The van der Waals surface area contributed by atoms with Crippen LogP contribution < -0.4 is 11.1 Å². The van der Waals surface area contributed by atoms with E-state index in [1.54, 1.807) is 12.1 Å². The van der Waals surface area contributed by atoms with Crippen molar-refractivity contribution in [1.29, 1.82) is 0 Å². The summed E-state index contributed by atoms with van der Waals surface area (Å²) in [7, 11) is 0. The maximum Gasteiger partial charge on any atom is 0.311 e. The van der Waals surface area contributed by atoms with Crippen molar-refractivity contribution in [2.24, 2.45) is 5.92 Å². The number of nitrogen functional groups attached to an aromatic ring is 1. The third-order valence-corrected chi connectivity index (χ3v) is 3.69. The molecule has 1 amide bonds. The predicted octanol–water partition coefficient (Wildman–Crippen LogP) is 0.861. The van der Waals surface area contributed by atoms with Crippen LogP contribution in [0, 0.1) is 5.92 Å². The maximum absolute atomic E-state index is 12.0. The summed E-state index contributed by atoms with van der Waals surface area (Å²) in [6, 6.07) is 4.30. The molecule has 19 heavy (non-hydrogen) atoms. The SMILES string of the molecule is Nc1cc(C(=O)NC2COCC2C(=O)O)ccc1Br. The van der Waals surface area contributed by atoms with Crippen LogP contribution in [0.2, 0.25) is 0 Å². The molecule has 4 N–H and O–H groups in total. The van der Waals surface area contributed by atoms with Gasteiger partial charge < -0.3 is 20.9 Å². The molecule has 0 saturated carbocycles. The van der Waals surface area contributed by atoms with Gasteiger partial charge in [0.2, 0.25) is 0 Å². The molecule has 0 spiro atoms. The second-order valence-corrected chi connectivity index (χ2v) is 5.15. The number of benzene rings is 1. The molecule has 1 fully saturated rings. The van der Waals surface area contributed by atoms with Gasteiger partial charge >= 0.3 is 5.97 Å². The highest BCUT2D eigenvalue weighted by Crippen LogP contribution is 2.21. The van der Waals surface area contributed by atoms with Crippen molar-refractivity contribution in [3.8, 4) is 0 Å². The fraction of sp³-hybridized carbons (Fsp3) is 0.333. The third-order valence-electron chi connectivity index (χ3n) is 2.97. The topological polar surface area (TPSA) is 102 Å². The molecule has 1 aromatic rings. The van der Waals surface area contributed by atoms with Crippen LogP contribution in [0.25, 0.3) is 0 Å². The quantitative estimate of drug-likeness (QED) is 0.714. The van der Waals surface area contributed by atoms with Crippen molar-refractivity contribution in [3.63, 3.8) is 0 Å². The normalized spacial score (nSPS) is 22.2. The first-order chi connectivity index (χ1) is 8.99. The minimum Gasteiger partial charge on any atom is -0.481 e. The highest BCUT2D eigenvalue weighted by atomic mass is 79.9. The second kappa shape index (κ2) is 5.58. The highest BCUT2D eigenvalue weighted by Gasteiger charge is 2.35. The first kappa shape index (κ1) is 13.8. The van der Waals surface area contributed by atoms with E-state index >= 15 is 0 Å². The second-order valence-electron chi connectivity index (χ2n) is 4.30. The summed E-state index contributed by atoms with van der Waals surface area (Å²) < 4.78 is 5.79. The van der Waals surface area contributed by atoms with E-state index in [0.29, 0.717) is 15.7 Å². The lowest BCUT2D eigenvalue weighted by Crippen LogP contribution is -2.42. The van der Waals surface area contributed by atoms with Gasteiger partial charge in [0.05, 0.1) is 19.3 Å². The Bertz CT molecular complexity index is 520. The average molecular weight is 329 g/mol. The number of carbonyl (C=O) groups excluding carboxylic acids is 1. The standard InChI is InChI=1S/C12H13BrN2O4/c13-8-2-1-6(3-9(8)14)11(16)15-10-5-19-4-7(10)12(17)18/h1-3,7,10H,4-5,14H2,(H,15,16)(H,17,18). The Morgan fingerprint density at radius 1 is 1.42 bits per heavy atom. The zero-order valence-electron chi connectivity index (χ0n) is 9.93. The molecular formula is C12H13BrN2O4. The largest absolute Gasteiger partial charge is 0.481 e. The number of anilines is 1. The Morgan fingerprint density at radius 3 is 2.79 bits per heavy atom. The van der Waals surface area contributed by atoms with Gasteiger partial charge in [-0.3, -0.25) is 9.59 Å². The summed E-state index contributed by atoms with van der Waals surface area (Å²) in [5.41, 5.74) is 6.53. The summed E-state index contributed by atoms with van der Waals surface area (Å²) in [5, 5.41) is 11.6. The Labute approximate surface area is 118 Å². The smallest absolute Gasteiger partial charge is 0.311 e. The van der Waals surface area contributed by atoms with E-state index in [9.17, 15) is 9.59 Å². The maximum atomic E-state index is 12.0. The van der Waals surface area contributed by atoms with Crippen LogP contribution in [0.15, 0.2) is 22.7 Å². The Hall–Kier alpha value is -1.60. The van der Waals surface area contributed by atoms with Crippen LogP contribution in [0.4, 0.5) is 5.69 Å². The number of halogens is 1. The van der Waals surface area contributed by atoms with Crippen LogP contribution in [-0.4, -0.2) is 36.2 Å². The van der Waals surface area contributed by atoms with Crippen molar-refractivity contribution in [1.82, 2.24) is 5.32 Å². The number of carboxylic acid groups (broad SMARTS) is 1. The van der Waals surface area contributed by atoms with Crippen molar-refractivity contribution >= 4 is 33.5 Å². The summed E-state index contributed by atoms with van der Waals surface area (Å²) >= 11 is 3.24. The molecule has 1 heterocycles. The highest BCUT2D eigenvalue weighted by molar-refractivity contribution is 9.10. The molecule has 1 aromatic carbocycles. The van der Waals surface area contributed by atoms with Crippen molar-refractivity contribution in [3.05, 3.63) is 28.2 Å². The number of aliphatic carboxylic acids is 1. The zero-order valence-corrected chi connectivity index (χ0v) is 11.5. The monoisotopic (exact) mass is 328 g/mol. The van der Waals surface area contributed by atoms with Gasteiger partial charge in [0.1, 0.15) is 5.92 Å². The Balaban J connectivity index is 2.08. The Morgan fingerprint density at radius 2 is 2.16 bits per heavy atom. The van der Waals surface area contributed by atoms with Crippen LogP contribution in [0.1, 0.15) is 10.4 Å². The molecule has 1 aliphatic heterocycles. The first-order valence-corrected chi connectivity index (χ1v) is 6.45. The molecule has 102 valence electrons. The summed E-state index contributed by atoms with van der Waals surface area (Å²) in [6.07, 6.45) is 0. The van der Waals surface area contributed by atoms with E-state index in [4.69, 9.17) is 15.6 Å². The third kappa shape index (κ3) is 3.05. The van der Waals surface area contributed by atoms with Gasteiger partial charge in [-0.05, 0) is 34.1 Å². The summed E-state index contributed by atoms with van der Waals surface area (Å²) in [5.74, 6) is -2.05. The lowest BCUT2D eigenvalue weighted by Gasteiger charge is -2.15. The molecule has 1 aliphatic rings. The molecular weight excluding hydrogens is 316 g/mol. The average Bonchev–Trinajstić information content (AvgIpc) is 2.80. The van der Waals surface area contributed by atoms with E-state index < -0.39 is 17.9 Å². The number of nitrogens with two attached hydrogens (primary N) is 1. The molecule has 0 radical (unpaired) electrons. The Kier molecular flexibility index (Phi) is 4.06. The van der Waals surface area contributed by atoms with E-state index in [1.165, 1.54) is 6.07 Å². The van der Waals surface area contributed by atoms with E-state index in [0.717, 1.165) is 0 Å². The summed E-state index contributed by atoms with van der Waals surface area (Å²) in [6.45, 7) is 0.317. The minimum absolute atomic E-state index is 0.114. The number of nitrogens with one attached hydrogen (secondary N) is 1. The lowest BCUT2D eigenvalue weighted by molar-refractivity contribution is -0.142. The van der Waals surface area contributed by atoms with Crippen LogP contribution >= 0.6 is 15.9 Å². The van der Waals surface area contributed by atoms with Crippen LogP contribution in [-0.2, 0) is 9.53 Å². The predicted molar refractivity (Wildman–Crippen MR) is 71.8 cm³/mol. The van der Waals surface area contributed by atoms with Crippen molar-refractivity contribution in [2.75, 3.05) is 18.9 Å². The number of amides is 1. The van der Waals surface area contributed by atoms with Gasteiger partial charge in [-0.15, -0.1) is 0 Å². The molecule has 7 heteroatoms. The van der Waals surface area contributed by atoms with Crippen LogP contribution in [0.5, 0.6) is 0 Å². The number of hydrogen-bond donors (Lipinski definition) is 3. The summed E-state index contributed by atoms with van der Waals surface area (Å²) in [4.78, 5) is 23.0. The van der Waals surface area contributed by atoms with Gasteiger partial charge in [0.15, 0.2) is 0 Å². The van der Waals surface area contributed by atoms with E-state index in [2.05, 4.69) is 21.2 Å². The van der Waals surface area contributed by atoms with Gasteiger partial charge in [-0.1, -0.05) is 0 Å². The van der Waals surface area contributed by atoms with Crippen molar-refractivity contribution in [2.45, 2.75) is 6.04 Å². The molecule has 0 aromatic heterocycles. The van der Waals surface area contributed by atoms with Gasteiger partial charge in [-0.25, -0.2) is 0 Å². The van der Waals surface area contributed by atoms with Crippen LogP contribution in [0.3, 0.4) is 0 Å². The van der Waals surface area contributed by atoms with Gasteiger partial charge in [0.25, 0.3) is 5.91 Å². The number of carboxylic acids is 1. The first-order valence-electron chi connectivity index (χ1n) is 5.65. The van der Waals surface area contributed by atoms with E-state index in [-0.39, 0.29) is 19.1 Å². The number of rotatable bonds is 3. The lowest BCUT2D eigenvalue weighted by atomic mass is 10.0. The van der Waals surface area contributed by atoms with E-state index in [1.807, 2.05) is 0 Å². The number of ether oxygens (including phenoxy) is 1. The minimum atomic E-state index is -0.974. The van der Waals surface area contributed by atoms with Crippen molar-refractivity contribution < 1.29 is 19.4 Å². The molecule has 0 bridgehead atoms. The van der Waals surface area contributed by atoms with Gasteiger partial charge in [-0.2, -0.15) is 0 Å². The molecule has 2 unspecified atom stereocenters. The fourth-order valence-electron chi connectivity index (χ4n) is 1.88. The molecule has 2 rings (SSSR count).